The molecular formula is C14H18N2O5. The van der Waals surface area contributed by atoms with Crippen molar-refractivity contribution in [2.75, 3.05) is 6.54 Å². The Bertz CT molecular complexity index is 533. The topological polar surface area (TPSA) is 90.7 Å². The molecule has 1 aromatic carbocycles. The first-order valence-electron chi connectivity index (χ1n) is 6.69. The molecule has 1 aromatic rings. The molecular weight excluding hydrogens is 276 g/mol. The Hall–Kier alpha value is -1.99. The Kier molecular flexibility index (Phi) is 4.24. The highest BCUT2D eigenvalue weighted by atomic mass is 16.8. The van der Waals surface area contributed by atoms with E-state index in [0.29, 0.717) is 5.56 Å². The average Bonchev–Trinajstić information content (AvgIpc) is 2.73. The van der Waals surface area contributed by atoms with E-state index < -0.39 is 10.7 Å². The molecule has 1 aliphatic rings. The van der Waals surface area contributed by atoms with Crippen LogP contribution in [0.5, 0.6) is 0 Å². The van der Waals surface area contributed by atoms with E-state index in [1.165, 1.54) is 19.1 Å². The van der Waals surface area contributed by atoms with Gasteiger partial charge in [0.15, 0.2) is 0 Å². The summed E-state index contributed by atoms with van der Waals surface area (Å²) < 4.78 is 11.8. The van der Waals surface area contributed by atoms with E-state index in [2.05, 4.69) is 5.32 Å². The lowest BCUT2D eigenvalue weighted by Gasteiger charge is -2.28. The van der Waals surface area contributed by atoms with Crippen molar-refractivity contribution in [3.8, 4) is 0 Å². The number of nitro groups is 1. The van der Waals surface area contributed by atoms with Crippen molar-refractivity contribution in [1.29, 1.82) is 0 Å². The van der Waals surface area contributed by atoms with Crippen LogP contribution in [-0.4, -0.2) is 29.6 Å². The Morgan fingerprint density at radius 1 is 1.29 bits per heavy atom. The molecule has 2 rings (SSSR count). The van der Waals surface area contributed by atoms with E-state index in [9.17, 15) is 14.9 Å². The maximum atomic E-state index is 11.2. The van der Waals surface area contributed by atoms with Gasteiger partial charge in [-0.2, -0.15) is 0 Å². The third-order valence-electron chi connectivity index (χ3n) is 3.50. The normalized spacial score (nSPS) is 23.8. The standard InChI is InChI=1S/C14H18N2O5/c1-9-10(2)21-14(20-9,8-15-11(3)17)12-4-6-13(7-5-12)16(18)19/h4-7,9-10H,8H2,1-3H3,(H,15,17)/t9-,10-/m1/s1. The van der Waals surface area contributed by atoms with Crippen LogP contribution >= 0.6 is 0 Å². The van der Waals surface area contributed by atoms with Gasteiger partial charge in [-0.25, -0.2) is 0 Å². The minimum absolute atomic E-state index is 0.00693. The monoisotopic (exact) mass is 294 g/mol. The lowest BCUT2D eigenvalue weighted by atomic mass is 10.1. The Morgan fingerprint density at radius 2 is 1.81 bits per heavy atom. The minimum Gasteiger partial charge on any atom is -0.351 e. The number of ether oxygens (including phenoxy) is 2. The molecule has 7 nitrogen and oxygen atoms in total. The molecule has 0 aromatic heterocycles. The zero-order valence-electron chi connectivity index (χ0n) is 12.2. The molecule has 1 aliphatic heterocycles. The zero-order chi connectivity index (χ0) is 15.6. The van der Waals surface area contributed by atoms with Gasteiger partial charge in [0.05, 0.1) is 23.7 Å². The van der Waals surface area contributed by atoms with Crippen molar-refractivity contribution in [1.82, 2.24) is 5.32 Å². The van der Waals surface area contributed by atoms with Gasteiger partial charge in [-0.05, 0) is 26.0 Å². The molecule has 7 heteroatoms. The number of hydrogen-bond donors (Lipinski definition) is 1. The van der Waals surface area contributed by atoms with Crippen molar-refractivity contribution < 1.29 is 19.2 Å². The fraction of sp³-hybridized carbons (Fsp3) is 0.500. The van der Waals surface area contributed by atoms with Gasteiger partial charge in [-0.15, -0.1) is 0 Å². The molecule has 1 heterocycles. The molecule has 1 N–H and O–H groups in total. The third kappa shape index (κ3) is 3.20. The quantitative estimate of drug-likeness (QED) is 0.674. The van der Waals surface area contributed by atoms with Crippen molar-refractivity contribution in [2.45, 2.75) is 38.8 Å². The highest BCUT2D eigenvalue weighted by Crippen LogP contribution is 2.37. The maximum Gasteiger partial charge on any atom is 0.269 e. The maximum absolute atomic E-state index is 11.2. The molecule has 0 unspecified atom stereocenters. The summed E-state index contributed by atoms with van der Waals surface area (Å²) in [6, 6.07) is 5.96. The second kappa shape index (κ2) is 5.79. The van der Waals surface area contributed by atoms with Crippen LogP contribution < -0.4 is 5.32 Å². The highest BCUT2D eigenvalue weighted by molar-refractivity contribution is 5.72. The second-order valence-electron chi connectivity index (χ2n) is 5.11. The van der Waals surface area contributed by atoms with Crippen LogP contribution in [-0.2, 0) is 20.1 Å². The van der Waals surface area contributed by atoms with Gasteiger partial charge in [0, 0.05) is 24.6 Å². The molecule has 0 aliphatic carbocycles. The number of non-ortho nitro benzene ring substituents is 1. The molecule has 1 fully saturated rings. The number of carbonyl (C=O) groups excluding carboxylic acids is 1. The number of hydrogen-bond acceptors (Lipinski definition) is 5. The first kappa shape index (κ1) is 15.4. The molecule has 114 valence electrons. The first-order chi connectivity index (χ1) is 9.84. The predicted molar refractivity (Wildman–Crippen MR) is 74.6 cm³/mol. The summed E-state index contributed by atoms with van der Waals surface area (Å²) in [5.41, 5.74) is 0.630. The van der Waals surface area contributed by atoms with Crippen molar-refractivity contribution in [3.05, 3.63) is 39.9 Å². The second-order valence-corrected chi connectivity index (χ2v) is 5.11. The van der Waals surface area contributed by atoms with Crippen LogP contribution in [0, 0.1) is 10.1 Å². The number of benzene rings is 1. The number of amides is 1. The van der Waals surface area contributed by atoms with Gasteiger partial charge in [0.25, 0.3) is 5.69 Å². The van der Waals surface area contributed by atoms with Crippen molar-refractivity contribution in [3.63, 3.8) is 0 Å². The summed E-state index contributed by atoms with van der Waals surface area (Å²) in [5.74, 6) is -1.31. The Labute approximate surface area is 122 Å². The van der Waals surface area contributed by atoms with Gasteiger partial charge in [0.2, 0.25) is 11.7 Å². The largest absolute Gasteiger partial charge is 0.351 e. The van der Waals surface area contributed by atoms with Gasteiger partial charge < -0.3 is 14.8 Å². The van der Waals surface area contributed by atoms with Gasteiger partial charge in [-0.3, -0.25) is 14.9 Å². The third-order valence-corrected chi connectivity index (χ3v) is 3.50. The van der Waals surface area contributed by atoms with Crippen molar-refractivity contribution in [2.24, 2.45) is 0 Å². The molecule has 0 bridgehead atoms. The van der Waals surface area contributed by atoms with E-state index in [0.717, 1.165) is 0 Å². The van der Waals surface area contributed by atoms with Crippen LogP contribution in [0.4, 0.5) is 5.69 Å². The molecule has 0 saturated carbocycles. The van der Waals surface area contributed by atoms with E-state index in [1.807, 2.05) is 13.8 Å². The van der Waals surface area contributed by atoms with E-state index in [4.69, 9.17) is 9.47 Å². The van der Waals surface area contributed by atoms with Crippen LogP contribution in [0.1, 0.15) is 26.3 Å². The average molecular weight is 294 g/mol. The summed E-state index contributed by atoms with van der Waals surface area (Å²) >= 11 is 0. The molecule has 2 atom stereocenters. The number of nitrogens with zero attached hydrogens (tertiary/aromatic N) is 1. The van der Waals surface area contributed by atoms with Crippen molar-refractivity contribution >= 4 is 11.6 Å². The molecule has 0 spiro atoms. The van der Waals surface area contributed by atoms with Crippen LogP contribution in [0.25, 0.3) is 0 Å². The van der Waals surface area contributed by atoms with Crippen LogP contribution in [0.2, 0.25) is 0 Å². The minimum atomic E-state index is -1.11. The summed E-state index contributed by atoms with van der Waals surface area (Å²) in [6.45, 7) is 5.32. The smallest absolute Gasteiger partial charge is 0.269 e. The summed E-state index contributed by atoms with van der Waals surface area (Å²) in [5, 5.41) is 13.4. The molecule has 1 amide bonds. The molecule has 0 radical (unpaired) electrons. The number of nitro benzene ring substituents is 1. The fourth-order valence-electron chi connectivity index (χ4n) is 2.22. The lowest BCUT2D eigenvalue weighted by molar-refractivity contribution is -0.384. The van der Waals surface area contributed by atoms with E-state index in [1.54, 1.807) is 12.1 Å². The van der Waals surface area contributed by atoms with E-state index in [-0.39, 0.29) is 30.3 Å². The van der Waals surface area contributed by atoms with Gasteiger partial charge in [0.1, 0.15) is 0 Å². The molecule has 1 saturated heterocycles. The van der Waals surface area contributed by atoms with Gasteiger partial charge >= 0.3 is 0 Å². The van der Waals surface area contributed by atoms with Crippen LogP contribution in [0.15, 0.2) is 24.3 Å². The predicted octanol–water partition coefficient (Wildman–Crippen LogP) is 1.71. The highest BCUT2D eigenvalue weighted by Gasteiger charge is 2.45. The number of nitrogens with one attached hydrogen (secondary N) is 1. The van der Waals surface area contributed by atoms with Gasteiger partial charge in [-0.1, -0.05) is 0 Å². The number of rotatable bonds is 4. The Balaban J connectivity index is 2.31. The first-order valence-corrected chi connectivity index (χ1v) is 6.69. The number of carbonyl (C=O) groups is 1. The zero-order valence-corrected chi connectivity index (χ0v) is 12.2. The summed E-state index contributed by atoms with van der Waals surface area (Å²) in [4.78, 5) is 21.4. The fourth-order valence-corrected chi connectivity index (χ4v) is 2.22. The summed E-state index contributed by atoms with van der Waals surface area (Å²) in [7, 11) is 0. The SMILES string of the molecule is CC(=O)NCC1(c2ccc([N+](=O)[O-])cc2)O[C@H](C)[C@@H](C)O1. The lowest BCUT2D eigenvalue weighted by Crippen LogP contribution is -2.41. The van der Waals surface area contributed by atoms with Crippen LogP contribution in [0.3, 0.4) is 0 Å². The van der Waals surface area contributed by atoms with E-state index >= 15 is 0 Å². The molecule has 21 heavy (non-hydrogen) atoms. The Morgan fingerprint density at radius 3 is 2.24 bits per heavy atom. The summed E-state index contributed by atoms with van der Waals surface area (Å²) in [6.07, 6.45) is -0.289.